The number of nitrogens with zero attached hydrogens (tertiary/aromatic N) is 1. The second kappa shape index (κ2) is 7.88. The Morgan fingerprint density at radius 1 is 1.11 bits per heavy atom. The Morgan fingerprint density at radius 2 is 1.89 bits per heavy atom. The van der Waals surface area contributed by atoms with E-state index in [9.17, 15) is 0 Å². The predicted octanol–water partition coefficient (Wildman–Crippen LogP) is 4.06. The van der Waals surface area contributed by atoms with Crippen LogP contribution >= 0.6 is 0 Å². The number of methoxy groups -OCH3 is 2. The van der Waals surface area contributed by atoms with Gasteiger partial charge in [-0.25, -0.2) is 0 Å². The highest BCUT2D eigenvalue weighted by molar-refractivity contribution is 5.56. The molecule has 0 saturated heterocycles. The van der Waals surface area contributed by atoms with Gasteiger partial charge in [0.25, 0.3) is 0 Å². The molecule has 0 aliphatic heterocycles. The molecule has 0 aliphatic carbocycles. The van der Waals surface area contributed by atoms with Crippen LogP contribution < -0.4 is 14.8 Å². The molecule has 3 aromatic rings. The lowest BCUT2D eigenvalue weighted by molar-refractivity contribution is 0.353. The summed E-state index contributed by atoms with van der Waals surface area (Å²) in [5, 5.41) is 10.7. The fraction of sp³-hybridized carbons (Fsp3) is 0.381. The van der Waals surface area contributed by atoms with Crippen molar-refractivity contribution in [3.63, 3.8) is 0 Å². The molecule has 2 heterocycles. The molecule has 3 rings (SSSR count). The molecule has 2 aromatic heterocycles. The molecule has 6 nitrogen and oxygen atoms in total. The van der Waals surface area contributed by atoms with E-state index >= 15 is 0 Å². The van der Waals surface area contributed by atoms with Crippen molar-refractivity contribution >= 4 is 0 Å². The Hall–Kier alpha value is -2.73. The first kappa shape index (κ1) is 19.0. The summed E-state index contributed by atoms with van der Waals surface area (Å²) in [6.07, 6.45) is 1.84. The van der Waals surface area contributed by atoms with Gasteiger partial charge in [0.15, 0.2) is 17.3 Å². The van der Waals surface area contributed by atoms with E-state index in [-0.39, 0.29) is 5.41 Å². The van der Waals surface area contributed by atoms with Gasteiger partial charge in [0.2, 0.25) is 0 Å². The molecule has 0 aliphatic rings. The monoisotopic (exact) mass is 369 g/mol. The Labute approximate surface area is 159 Å². The number of nitrogens with one attached hydrogen (secondary N) is 2. The van der Waals surface area contributed by atoms with Gasteiger partial charge in [-0.1, -0.05) is 19.9 Å². The molecule has 27 heavy (non-hydrogen) atoms. The first-order chi connectivity index (χ1) is 12.9. The number of aryl methyl sites for hydroxylation is 1. The minimum absolute atomic E-state index is 0.0787. The molecular weight excluding hydrogens is 342 g/mol. The molecular formula is C21H27N3O3. The Kier molecular flexibility index (Phi) is 5.56. The van der Waals surface area contributed by atoms with Crippen LogP contribution in [0.25, 0.3) is 11.5 Å². The molecule has 0 unspecified atom stereocenters. The Morgan fingerprint density at radius 3 is 2.56 bits per heavy atom. The van der Waals surface area contributed by atoms with Crippen LogP contribution in [-0.4, -0.2) is 31.0 Å². The zero-order valence-electron chi connectivity index (χ0n) is 16.6. The molecule has 0 amide bonds. The first-order valence-corrected chi connectivity index (χ1v) is 8.97. The number of aromatic amines is 1. The molecule has 0 atom stereocenters. The van der Waals surface area contributed by atoms with E-state index in [2.05, 4.69) is 35.4 Å². The number of ether oxygens (including phenoxy) is 2. The highest BCUT2D eigenvalue weighted by Crippen LogP contribution is 2.33. The van der Waals surface area contributed by atoms with Gasteiger partial charge >= 0.3 is 0 Å². The minimum Gasteiger partial charge on any atom is -0.493 e. The maximum absolute atomic E-state index is 5.71. The van der Waals surface area contributed by atoms with Gasteiger partial charge in [0, 0.05) is 24.1 Å². The molecule has 144 valence electrons. The quantitative estimate of drug-likeness (QED) is 0.626. The summed E-state index contributed by atoms with van der Waals surface area (Å²) in [6.45, 7) is 7.83. The fourth-order valence-electron chi connectivity index (χ4n) is 3.10. The molecule has 0 fully saturated rings. The van der Waals surface area contributed by atoms with Gasteiger partial charge < -0.3 is 19.2 Å². The van der Waals surface area contributed by atoms with Crippen LogP contribution in [0.2, 0.25) is 0 Å². The maximum Gasteiger partial charge on any atom is 0.161 e. The first-order valence-electron chi connectivity index (χ1n) is 8.97. The van der Waals surface area contributed by atoms with E-state index in [1.54, 1.807) is 14.2 Å². The maximum atomic E-state index is 5.71. The number of rotatable bonds is 8. The summed E-state index contributed by atoms with van der Waals surface area (Å²) < 4.78 is 16.5. The average molecular weight is 369 g/mol. The lowest BCUT2D eigenvalue weighted by Gasteiger charge is -2.26. The Balaban J connectivity index is 1.67. The van der Waals surface area contributed by atoms with Gasteiger partial charge in [-0.2, -0.15) is 5.10 Å². The predicted molar refractivity (Wildman–Crippen MR) is 105 cm³/mol. The van der Waals surface area contributed by atoms with Gasteiger partial charge in [0.1, 0.15) is 11.5 Å². The van der Waals surface area contributed by atoms with E-state index in [1.807, 2.05) is 37.4 Å². The summed E-state index contributed by atoms with van der Waals surface area (Å²) in [4.78, 5) is 0. The van der Waals surface area contributed by atoms with Crippen LogP contribution in [0.1, 0.15) is 30.7 Å². The lowest BCUT2D eigenvalue weighted by Crippen LogP contribution is -2.32. The van der Waals surface area contributed by atoms with E-state index in [1.165, 1.54) is 5.56 Å². The number of H-pyrrole nitrogens is 1. The normalized spacial score (nSPS) is 11.6. The van der Waals surface area contributed by atoms with E-state index in [4.69, 9.17) is 13.9 Å². The van der Waals surface area contributed by atoms with Crippen LogP contribution in [0.5, 0.6) is 11.5 Å². The average Bonchev–Trinajstić information content (AvgIpc) is 3.29. The number of hydrogen-bond donors (Lipinski definition) is 2. The standard InChI is InChI=1S/C21H27N3O3/c1-14-6-8-18(27-14)20-15(12-23-24-20)11-22-13-21(2,3)16-7-9-17(25-4)19(10-16)26-5/h6-10,12,22H,11,13H2,1-5H3,(H,23,24). The van der Waals surface area contributed by atoms with Crippen molar-refractivity contribution in [2.24, 2.45) is 0 Å². The van der Waals surface area contributed by atoms with E-state index in [0.717, 1.165) is 40.8 Å². The van der Waals surface area contributed by atoms with Crippen molar-refractivity contribution in [2.75, 3.05) is 20.8 Å². The third kappa shape index (κ3) is 4.17. The zero-order valence-corrected chi connectivity index (χ0v) is 16.6. The topological polar surface area (TPSA) is 72.3 Å². The molecule has 6 heteroatoms. The molecule has 0 saturated carbocycles. The molecule has 2 N–H and O–H groups in total. The summed E-state index contributed by atoms with van der Waals surface area (Å²) in [5.74, 6) is 3.17. The summed E-state index contributed by atoms with van der Waals surface area (Å²) in [5.41, 5.74) is 3.10. The van der Waals surface area contributed by atoms with Gasteiger partial charge in [-0.05, 0) is 36.8 Å². The van der Waals surface area contributed by atoms with Crippen molar-refractivity contribution in [1.29, 1.82) is 0 Å². The van der Waals surface area contributed by atoms with Crippen molar-refractivity contribution in [1.82, 2.24) is 15.5 Å². The molecule has 0 spiro atoms. The summed E-state index contributed by atoms with van der Waals surface area (Å²) in [6, 6.07) is 9.98. The lowest BCUT2D eigenvalue weighted by atomic mass is 9.84. The third-order valence-corrected chi connectivity index (χ3v) is 4.75. The largest absolute Gasteiger partial charge is 0.493 e. The molecule has 1 aromatic carbocycles. The molecule has 0 radical (unpaired) electrons. The van der Waals surface area contributed by atoms with E-state index < -0.39 is 0 Å². The van der Waals surface area contributed by atoms with Crippen LogP contribution in [0.4, 0.5) is 0 Å². The number of hydrogen-bond acceptors (Lipinski definition) is 5. The van der Waals surface area contributed by atoms with Crippen molar-refractivity contribution in [3.05, 3.63) is 53.4 Å². The Bertz CT molecular complexity index is 896. The van der Waals surface area contributed by atoms with Gasteiger partial charge in [0.05, 0.1) is 20.4 Å². The smallest absolute Gasteiger partial charge is 0.161 e. The fourth-order valence-corrected chi connectivity index (χ4v) is 3.10. The number of aromatic nitrogens is 2. The number of furan rings is 1. The highest BCUT2D eigenvalue weighted by Gasteiger charge is 2.22. The van der Waals surface area contributed by atoms with Crippen LogP contribution in [0.15, 0.2) is 40.9 Å². The minimum atomic E-state index is -0.0787. The SMILES string of the molecule is COc1ccc(C(C)(C)CNCc2cn[nH]c2-c2ccc(C)o2)cc1OC. The second-order valence-corrected chi connectivity index (χ2v) is 7.24. The van der Waals surface area contributed by atoms with Crippen molar-refractivity contribution in [2.45, 2.75) is 32.7 Å². The highest BCUT2D eigenvalue weighted by atomic mass is 16.5. The van der Waals surface area contributed by atoms with E-state index in [0.29, 0.717) is 6.54 Å². The van der Waals surface area contributed by atoms with Crippen LogP contribution in [-0.2, 0) is 12.0 Å². The molecule has 0 bridgehead atoms. The second-order valence-electron chi connectivity index (χ2n) is 7.24. The zero-order chi connectivity index (χ0) is 19.4. The third-order valence-electron chi connectivity index (χ3n) is 4.75. The van der Waals surface area contributed by atoms with Crippen LogP contribution in [0, 0.1) is 6.92 Å². The van der Waals surface area contributed by atoms with Crippen LogP contribution in [0.3, 0.4) is 0 Å². The van der Waals surface area contributed by atoms with Crippen molar-refractivity contribution < 1.29 is 13.9 Å². The summed E-state index contributed by atoms with van der Waals surface area (Å²) in [7, 11) is 3.30. The number of benzene rings is 1. The van der Waals surface area contributed by atoms with Gasteiger partial charge in [-0.3, -0.25) is 5.10 Å². The summed E-state index contributed by atoms with van der Waals surface area (Å²) >= 11 is 0. The van der Waals surface area contributed by atoms with Gasteiger partial charge in [-0.15, -0.1) is 0 Å². The van der Waals surface area contributed by atoms with Crippen molar-refractivity contribution in [3.8, 4) is 23.0 Å².